The van der Waals surface area contributed by atoms with Gasteiger partial charge in [0.05, 0.1) is 4.90 Å². The molecule has 1 rings (SSSR count). The Morgan fingerprint density at radius 2 is 1.85 bits per heavy atom. The first-order chi connectivity index (χ1) is 6.09. The Morgan fingerprint density at radius 3 is 2.31 bits per heavy atom. The minimum atomic E-state index is -1.67. The van der Waals surface area contributed by atoms with Gasteiger partial charge >= 0.3 is 5.97 Å². The lowest BCUT2D eigenvalue weighted by atomic mass is 10.2. The van der Waals surface area contributed by atoms with E-state index in [-0.39, 0.29) is 0 Å². The summed E-state index contributed by atoms with van der Waals surface area (Å²) in [7, 11) is 0. The van der Waals surface area contributed by atoms with Gasteiger partial charge in [-0.2, -0.15) is 0 Å². The summed E-state index contributed by atoms with van der Waals surface area (Å²) in [5.41, 5.74) is 1.07. The van der Waals surface area contributed by atoms with Crippen molar-refractivity contribution < 1.29 is 13.2 Å². The van der Waals surface area contributed by atoms with Gasteiger partial charge in [0.2, 0.25) is 11.1 Å². The van der Waals surface area contributed by atoms with E-state index in [1.165, 1.54) is 6.92 Å². The minimum absolute atomic E-state index is 0.501. The number of aryl methyl sites for hydroxylation is 1. The Morgan fingerprint density at radius 1 is 1.31 bits per heavy atom. The Kier molecular flexibility index (Phi) is 3.19. The van der Waals surface area contributed by atoms with E-state index >= 15 is 0 Å². The summed E-state index contributed by atoms with van der Waals surface area (Å²) < 4.78 is 15.7. The second kappa shape index (κ2) is 4.18. The van der Waals surface area contributed by atoms with Gasteiger partial charge in [-0.15, -0.1) is 0 Å². The molecule has 0 aromatic heterocycles. The summed E-state index contributed by atoms with van der Waals surface area (Å²) >= 11 is -1.67. The molecule has 13 heavy (non-hydrogen) atoms. The molecule has 0 amide bonds. The second-order valence-corrected chi connectivity index (χ2v) is 3.73. The highest BCUT2D eigenvalue weighted by atomic mass is 32.2. The first-order valence-electron chi connectivity index (χ1n) is 3.77. The van der Waals surface area contributed by atoms with Crippen LogP contribution in [0.5, 0.6) is 0 Å². The number of hydrogen-bond acceptors (Lipinski definition) is 3. The van der Waals surface area contributed by atoms with E-state index in [0.717, 1.165) is 5.56 Å². The van der Waals surface area contributed by atoms with Gasteiger partial charge < -0.3 is 4.18 Å². The van der Waals surface area contributed by atoms with Gasteiger partial charge in [0.1, 0.15) is 0 Å². The molecule has 3 nitrogen and oxygen atoms in total. The number of benzene rings is 1. The Labute approximate surface area is 79.4 Å². The maximum atomic E-state index is 11.2. The van der Waals surface area contributed by atoms with Crippen molar-refractivity contribution in [3.8, 4) is 0 Å². The summed E-state index contributed by atoms with van der Waals surface area (Å²) in [6.45, 7) is 3.16. The molecule has 0 spiro atoms. The third-order valence-corrected chi connectivity index (χ3v) is 2.45. The first-order valence-corrected chi connectivity index (χ1v) is 4.84. The summed E-state index contributed by atoms with van der Waals surface area (Å²) in [5.74, 6) is -0.543. The van der Waals surface area contributed by atoms with E-state index in [4.69, 9.17) is 0 Å². The van der Waals surface area contributed by atoms with Crippen LogP contribution in [0.3, 0.4) is 0 Å². The van der Waals surface area contributed by atoms with Crippen molar-refractivity contribution in [2.75, 3.05) is 0 Å². The molecule has 0 fully saturated rings. The van der Waals surface area contributed by atoms with Gasteiger partial charge in [-0.3, -0.25) is 4.79 Å². The van der Waals surface area contributed by atoms with Crippen molar-refractivity contribution >= 4 is 17.0 Å². The Hall–Kier alpha value is -1.16. The topological polar surface area (TPSA) is 43.4 Å². The van der Waals surface area contributed by atoms with Gasteiger partial charge in [-0.1, -0.05) is 17.7 Å². The highest BCUT2D eigenvalue weighted by Gasteiger charge is 2.06. The molecule has 0 saturated carbocycles. The standard InChI is InChI=1S/C9H10O3S/c1-7-3-5-9(6-4-7)13(11)12-8(2)10/h3-6H,1-2H3/t13-/m1/s1. The fourth-order valence-corrected chi connectivity index (χ4v) is 1.47. The predicted octanol–water partition coefficient (Wildman–Crippen LogP) is 1.58. The molecule has 1 atom stereocenters. The van der Waals surface area contributed by atoms with Crippen molar-refractivity contribution in [2.24, 2.45) is 0 Å². The largest absolute Gasteiger partial charge is 0.361 e. The molecule has 0 aliphatic carbocycles. The quantitative estimate of drug-likeness (QED) is 0.724. The van der Waals surface area contributed by atoms with Gasteiger partial charge in [-0.05, 0) is 19.1 Å². The van der Waals surface area contributed by atoms with Crippen LogP contribution in [0.25, 0.3) is 0 Å². The lowest BCUT2D eigenvalue weighted by Crippen LogP contribution is -2.02. The van der Waals surface area contributed by atoms with Crippen LogP contribution < -0.4 is 0 Å². The van der Waals surface area contributed by atoms with Crippen molar-refractivity contribution in [3.05, 3.63) is 29.8 Å². The lowest BCUT2D eigenvalue weighted by molar-refractivity contribution is -0.130. The first kappa shape index (κ1) is 9.92. The number of hydrogen-bond donors (Lipinski definition) is 0. The normalized spacial score (nSPS) is 12.2. The van der Waals surface area contributed by atoms with E-state index in [9.17, 15) is 9.00 Å². The summed E-state index contributed by atoms with van der Waals surface area (Å²) in [6.07, 6.45) is 0. The smallest absolute Gasteiger partial charge is 0.317 e. The number of carbonyl (C=O) groups excluding carboxylic acids is 1. The Balaban J connectivity index is 2.78. The zero-order chi connectivity index (χ0) is 9.84. The van der Waals surface area contributed by atoms with E-state index in [2.05, 4.69) is 4.18 Å². The molecule has 70 valence electrons. The lowest BCUT2D eigenvalue weighted by Gasteiger charge is -2.00. The van der Waals surface area contributed by atoms with Crippen LogP contribution >= 0.6 is 0 Å². The molecule has 0 N–H and O–H groups in total. The van der Waals surface area contributed by atoms with Gasteiger partial charge in [0.15, 0.2) is 0 Å². The average Bonchev–Trinajstić information content (AvgIpc) is 2.04. The van der Waals surface area contributed by atoms with E-state index in [0.29, 0.717) is 4.90 Å². The zero-order valence-electron chi connectivity index (χ0n) is 7.44. The molecule has 0 aliphatic rings. The third-order valence-electron chi connectivity index (χ3n) is 1.41. The zero-order valence-corrected chi connectivity index (χ0v) is 8.26. The van der Waals surface area contributed by atoms with Crippen molar-refractivity contribution in [3.63, 3.8) is 0 Å². The van der Waals surface area contributed by atoms with E-state index in [1.54, 1.807) is 12.1 Å². The summed E-state index contributed by atoms with van der Waals surface area (Å²) in [5, 5.41) is 0. The molecular formula is C9H10O3S. The number of carbonyl (C=O) groups is 1. The number of rotatable bonds is 2. The van der Waals surface area contributed by atoms with Crippen LogP contribution in [-0.4, -0.2) is 10.2 Å². The minimum Gasteiger partial charge on any atom is -0.361 e. The molecule has 0 bridgehead atoms. The average molecular weight is 198 g/mol. The van der Waals surface area contributed by atoms with Gasteiger partial charge in [-0.25, -0.2) is 4.21 Å². The maximum absolute atomic E-state index is 11.2. The van der Waals surface area contributed by atoms with Crippen LogP contribution in [-0.2, 0) is 20.1 Å². The second-order valence-electron chi connectivity index (χ2n) is 2.62. The molecular weight excluding hydrogens is 188 g/mol. The van der Waals surface area contributed by atoms with E-state index < -0.39 is 17.0 Å². The van der Waals surface area contributed by atoms with Crippen molar-refractivity contribution in [1.82, 2.24) is 0 Å². The highest BCUT2D eigenvalue weighted by Crippen LogP contribution is 2.09. The molecule has 0 unspecified atom stereocenters. The highest BCUT2D eigenvalue weighted by molar-refractivity contribution is 7.80. The fraction of sp³-hybridized carbons (Fsp3) is 0.222. The predicted molar refractivity (Wildman–Crippen MR) is 49.4 cm³/mol. The van der Waals surface area contributed by atoms with Crippen LogP contribution in [0.4, 0.5) is 0 Å². The van der Waals surface area contributed by atoms with Crippen LogP contribution in [0.2, 0.25) is 0 Å². The molecule has 1 aromatic carbocycles. The third kappa shape index (κ3) is 2.99. The molecule has 0 radical (unpaired) electrons. The molecule has 0 aliphatic heterocycles. The fourth-order valence-electron chi connectivity index (χ4n) is 0.804. The van der Waals surface area contributed by atoms with Crippen LogP contribution in [0.15, 0.2) is 29.2 Å². The maximum Gasteiger partial charge on any atom is 0.317 e. The summed E-state index contributed by atoms with van der Waals surface area (Å²) in [4.78, 5) is 11.0. The van der Waals surface area contributed by atoms with E-state index in [1.807, 2.05) is 19.1 Å². The van der Waals surface area contributed by atoms with Crippen LogP contribution in [0.1, 0.15) is 12.5 Å². The summed E-state index contributed by atoms with van der Waals surface area (Å²) in [6, 6.07) is 6.98. The van der Waals surface area contributed by atoms with Gasteiger partial charge in [0.25, 0.3) is 0 Å². The van der Waals surface area contributed by atoms with Gasteiger partial charge in [0, 0.05) is 6.92 Å². The van der Waals surface area contributed by atoms with Crippen LogP contribution in [0, 0.1) is 6.92 Å². The van der Waals surface area contributed by atoms with Crippen molar-refractivity contribution in [2.45, 2.75) is 18.7 Å². The Bertz CT molecular complexity index is 329. The van der Waals surface area contributed by atoms with Crippen molar-refractivity contribution in [1.29, 1.82) is 0 Å². The molecule has 0 saturated heterocycles. The SMILES string of the molecule is CC(=O)O[S@@](=O)c1ccc(C)cc1. The monoisotopic (exact) mass is 198 g/mol. The molecule has 0 heterocycles. The molecule has 4 heteroatoms. The molecule has 1 aromatic rings.